The number of aryl methyl sites for hydroxylation is 1. The molecular formula is C28H25FN4O3S. The lowest BCUT2D eigenvalue weighted by Gasteiger charge is -2.23. The second-order valence-corrected chi connectivity index (χ2v) is 10.0. The number of carbonyl (C=O) groups is 2. The Kier molecular flexibility index (Phi) is 7.05. The Morgan fingerprint density at radius 3 is 2.46 bits per heavy atom. The highest BCUT2D eigenvalue weighted by Gasteiger charge is 2.39. The van der Waals surface area contributed by atoms with E-state index in [2.05, 4.69) is 34.6 Å². The Labute approximate surface area is 218 Å². The molecule has 3 aromatic rings. The number of aliphatic imine (C=N–C) groups is 1. The van der Waals surface area contributed by atoms with Crippen molar-refractivity contribution < 1.29 is 18.7 Å². The minimum atomic E-state index is -0.658. The van der Waals surface area contributed by atoms with Gasteiger partial charge in [0.2, 0.25) is 5.91 Å². The van der Waals surface area contributed by atoms with Crippen molar-refractivity contribution in [1.82, 2.24) is 5.01 Å². The van der Waals surface area contributed by atoms with Crippen LogP contribution in [0.3, 0.4) is 0 Å². The van der Waals surface area contributed by atoms with E-state index in [0.29, 0.717) is 17.3 Å². The Balaban J connectivity index is 1.35. The van der Waals surface area contributed by atoms with E-state index in [4.69, 9.17) is 9.84 Å². The Morgan fingerprint density at radius 2 is 1.78 bits per heavy atom. The van der Waals surface area contributed by atoms with Crippen LogP contribution in [0, 0.1) is 12.7 Å². The summed E-state index contributed by atoms with van der Waals surface area (Å²) in [7, 11) is 1.63. The lowest BCUT2D eigenvalue weighted by atomic mass is 9.98. The lowest BCUT2D eigenvalue weighted by Crippen LogP contribution is -2.25. The zero-order chi connectivity index (χ0) is 25.9. The van der Waals surface area contributed by atoms with E-state index in [0.717, 1.165) is 28.2 Å². The van der Waals surface area contributed by atoms with Crippen LogP contribution in [0.5, 0.6) is 5.75 Å². The van der Waals surface area contributed by atoms with Crippen LogP contribution in [0.25, 0.3) is 0 Å². The second-order valence-electron chi connectivity index (χ2n) is 8.85. The molecule has 9 heteroatoms. The second kappa shape index (κ2) is 10.6. The number of nitrogens with one attached hydrogen (secondary N) is 1. The smallest absolute Gasteiger partial charge is 0.262 e. The number of benzene rings is 3. The third kappa shape index (κ3) is 5.56. The monoisotopic (exact) mass is 516 g/mol. The van der Waals surface area contributed by atoms with Crippen LogP contribution in [0.4, 0.5) is 10.1 Å². The zero-order valence-corrected chi connectivity index (χ0v) is 21.2. The van der Waals surface area contributed by atoms with Gasteiger partial charge in [-0.05, 0) is 66.6 Å². The summed E-state index contributed by atoms with van der Waals surface area (Å²) in [5, 5.41) is 9.18. The molecule has 0 spiro atoms. The Bertz CT molecular complexity index is 1370. The van der Waals surface area contributed by atoms with Gasteiger partial charge in [-0.25, -0.2) is 9.40 Å². The molecule has 2 heterocycles. The van der Waals surface area contributed by atoms with E-state index in [-0.39, 0.29) is 30.1 Å². The molecule has 0 radical (unpaired) electrons. The third-order valence-electron chi connectivity index (χ3n) is 6.22. The van der Waals surface area contributed by atoms with Crippen LogP contribution in [-0.2, 0) is 9.59 Å². The molecule has 0 saturated heterocycles. The molecule has 0 saturated carbocycles. The summed E-state index contributed by atoms with van der Waals surface area (Å²) >= 11 is 1.24. The number of nitrogens with zero attached hydrogens (tertiary/aromatic N) is 3. The molecular weight excluding hydrogens is 491 g/mol. The van der Waals surface area contributed by atoms with E-state index in [9.17, 15) is 14.0 Å². The van der Waals surface area contributed by atoms with Crippen LogP contribution in [0.1, 0.15) is 35.6 Å². The van der Waals surface area contributed by atoms with E-state index in [1.165, 1.54) is 36.0 Å². The fourth-order valence-electron chi connectivity index (χ4n) is 4.21. The maximum absolute atomic E-state index is 13.1. The largest absolute Gasteiger partial charge is 0.497 e. The van der Waals surface area contributed by atoms with Gasteiger partial charge in [-0.1, -0.05) is 41.6 Å². The fourth-order valence-corrected chi connectivity index (χ4v) is 5.27. The molecule has 2 aliphatic rings. The number of methoxy groups -OCH3 is 1. The van der Waals surface area contributed by atoms with Crippen molar-refractivity contribution in [1.29, 1.82) is 0 Å². The highest BCUT2D eigenvalue weighted by Crippen LogP contribution is 2.38. The van der Waals surface area contributed by atoms with E-state index in [1.54, 1.807) is 12.1 Å². The summed E-state index contributed by atoms with van der Waals surface area (Å²) in [6.07, 6.45) is 0.588. The molecule has 7 nitrogen and oxygen atoms in total. The summed E-state index contributed by atoms with van der Waals surface area (Å²) in [6.45, 7) is 2.03. The van der Waals surface area contributed by atoms with Crippen molar-refractivity contribution >= 4 is 40.1 Å². The van der Waals surface area contributed by atoms with Gasteiger partial charge in [-0.3, -0.25) is 9.59 Å². The van der Waals surface area contributed by atoms with Gasteiger partial charge in [0.15, 0.2) is 5.17 Å². The van der Waals surface area contributed by atoms with Crippen molar-refractivity contribution in [3.63, 3.8) is 0 Å². The first-order chi connectivity index (χ1) is 17.9. The predicted octanol–water partition coefficient (Wildman–Crippen LogP) is 5.32. The fraction of sp³-hybridized carbons (Fsp3) is 0.214. The van der Waals surface area contributed by atoms with Gasteiger partial charge in [0.05, 0.1) is 18.9 Å². The Morgan fingerprint density at radius 1 is 1.08 bits per heavy atom. The van der Waals surface area contributed by atoms with Gasteiger partial charge in [0.25, 0.3) is 5.91 Å². The average Bonchev–Trinajstić information content (AvgIpc) is 3.50. The first-order valence-corrected chi connectivity index (χ1v) is 12.7. The van der Waals surface area contributed by atoms with Crippen LogP contribution in [0.2, 0.25) is 0 Å². The Hall–Kier alpha value is -3.98. The number of thioether (sulfide) groups is 1. The van der Waals surface area contributed by atoms with E-state index in [1.807, 2.05) is 31.2 Å². The normalized spacial score (nSPS) is 19.0. The number of halogens is 1. The maximum Gasteiger partial charge on any atom is 0.262 e. The van der Waals surface area contributed by atoms with Crippen molar-refractivity contribution in [2.24, 2.45) is 10.1 Å². The van der Waals surface area contributed by atoms with Gasteiger partial charge >= 0.3 is 0 Å². The van der Waals surface area contributed by atoms with E-state index < -0.39 is 5.25 Å². The van der Waals surface area contributed by atoms with E-state index >= 15 is 0 Å². The zero-order valence-electron chi connectivity index (χ0n) is 20.3. The molecule has 0 aliphatic carbocycles. The van der Waals surface area contributed by atoms with Gasteiger partial charge < -0.3 is 10.1 Å². The molecule has 0 fully saturated rings. The van der Waals surface area contributed by atoms with Crippen molar-refractivity contribution in [3.8, 4) is 5.75 Å². The van der Waals surface area contributed by atoms with Crippen LogP contribution in [-0.4, -0.2) is 40.1 Å². The summed E-state index contributed by atoms with van der Waals surface area (Å²) < 4.78 is 18.4. The number of hydrazone groups is 1. The number of amides is 2. The number of amidine groups is 1. The van der Waals surface area contributed by atoms with Gasteiger partial charge in [-0.2, -0.15) is 10.1 Å². The first-order valence-electron chi connectivity index (χ1n) is 11.8. The lowest BCUT2D eigenvalue weighted by molar-refractivity contribution is -0.121. The number of carbonyl (C=O) groups excluding carboxylic acids is 2. The quantitative estimate of drug-likeness (QED) is 0.480. The number of ether oxygens (including phenoxy) is 1. The van der Waals surface area contributed by atoms with Crippen LogP contribution in [0.15, 0.2) is 82.9 Å². The molecule has 3 aromatic carbocycles. The third-order valence-corrected chi connectivity index (χ3v) is 7.36. The molecule has 1 N–H and O–H groups in total. The van der Waals surface area contributed by atoms with Crippen molar-refractivity contribution in [3.05, 3.63) is 95.3 Å². The van der Waals surface area contributed by atoms with Crippen molar-refractivity contribution in [2.75, 3.05) is 12.4 Å². The molecule has 188 valence electrons. The van der Waals surface area contributed by atoms with Crippen LogP contribution < -0.4 is 10.1 Å². The molecule has 2 aliphatic heterocycles. The highest BCUT2D eigenvalue weighted by atomic mass is 32.2. The van der Waals surface area contributed by atoms with Crippen LogP contribution >= 0.6 is 11.8 Å². The average molecular weight is 517 g/mol. The number of anilines is 1. The molecule has 37 heavy (non-hydrogen) atoms. The van der Waals surface area contributed by atoms with Gasteiger partial charge in [-0.15, -0.1) is 0 Å². The molecule has 5 rings (SSSR count). The summed E-state index contributed by atoms with van der Waals surface area (Å²) in [5.74, 6) is -0.337. The molecule has 2 atom stereocenters. The summed E-state index contributed by atoms with van der Waals surface area (Å²) in [6, 6.07) is 21.3. The van der Waals surface area contributed by atoms with Crippen molar-refractivity contribution in [2.45, 2.75) is 31.1 Å². The highest BCUT2D eigenvalue weighted by molar-refractivity contribution is 8.15. The summed E-state index contributed by atoms with van der Waals surface area (Å²) in [5.41, 5.74) is 4.52. The topological polar surface area (TPSA) is 83.4 Å². The number of hydrogen-bond acceptors (Lipinski definition) is 6. The number of hydrogen-bond donors (Lipinski definition) is 1. The SMILES string of the molecule is COc1ccc(C2=NN(C3=NC(=O)[C@H](CC(=O)Nc4ccc(F)cc4)S3)[C@@H](c3ccc(C)cc3)C2)cc1. The number of rotatable bonds is 6. The predicted molar refractivity (Wildman–Crippen MR) is 143 cm³/mol. The standard InChI is InChI=1S/C28H25FN4O3S/c1-17-3-5-19(6-4-17)24-15-23(18-7-13-22(36-2)14-8-18)32-33(24)28-31-27(35)25(37-28)16-26(34)30-21-11-9-20(29)10-12-21/h3-14,24-25H,15-16H2,1-2H3,(H,30,34)/t24-,25+/m1/s1. The van der Waals surface area contributed by atoms with Gasteiger partial charge in [0, 0.05) is 18.5 Å². The van der Waals surface area contributed by atoms with Gasteiger partial charge in [0.1, 0.15) is 16.8 Å². The maximum atomic E-state index is 13.1. The minimum absolute atomic E-state index is 0.0496. The summed E-state index contributed by atoms with van der Waals surface area (Å²) in [4.78, 5) is 29.6. The molecule has 0 bridgehead atoms. The molecule has 2 amide bonds. The molecule has 0 unspecified atom stereocenters. The minimum Gasteiger partial charge on any atom is -0.497 e. The molecule has 0 aromatic heterocycles. The first kappa shape index (κ1) is 24.7.